The molecule has 0 aliphatic carbocycles. The molecule has 130 valence electrons. The van der Waals surface area contributed by atoms with Crippen molar-refractivity contribution in [3.8, 4) is 0 Å². The van der Waals surface area contributed by atoms with Gasteiger partial charge >= 0.3 is 6.03 Å². The molecule has 0 bridgehead atoms. The zero-order chi connectivity index (χ0) is 17.8. The SMILES string of the molecule is CSc1ccc(NC(=O)CN2CCN(c3ccc(F)cc3)C2=O)cc1. The standard InChI is InChI=1S/C18H18FN3O2S/c1-25-16-8-4-14(5-9-16)20-17(23)12-21-10-11-22(18(21)24)15-6-2-13(19)3-7-15/h2-9H,10-12H2,1H3,(H,20,23). The highest BCUT2D eigenvalue weighted by Crippen LogP contribution is 2.21. The first-order valence-corrected chi connectivity index (χ1v) is 9.05. The minimum Gasteiger partial charge on any atom is -0.325 e. The lowest BCUT2D eigenvalue weighted by Crippen LogP contribution is -2.37. The summed E-state index contributed by atoms with van der Waals surface area (Å²) in [7, 11) is 0. The molecule has 1 fully saturated rings. The van der Waals surface area contributed by atoms with Crippen LogP contribution in [-0.2, 0) is 4.79 Å². The number of carbonyl (C=O) groups is 2. The maximum absolute atomic E-state index is 13.0. The van der Waals surface area contributed by atoms with Crippen molar-refractivity contribution in [2.75, 3.05) is 36.1 Å². The fraction of sp³-hybridized carbons (Fsp3) is 0.222. The molecule has 5 nitrogen and oxygen atoms in total. The van der Waals surface area contributed by atoms with Crippen LogP contribution in [0.3, 0.4) is 0 Å². The second-order valence-corrected chi connectivity index (χ2v) is 6.49. The number of benzene rings is 2. The first kappa shape index (κ1) is 17.3. The summed E-state index contributed by atoms with van der Waals surface area (Å²) in [5.41, 5.74) is 1.33. The summed E-state index contributed by atoms with van der Waals surface area (Å²) < 4.78 is 13.0. The molecular weight excluding hydrogens is 341 g/mol. The van der Waals surface area contributed by atoms with Crippen molar-refractivity contribution < 1.29 is 14.0 Å². The van der Waals surface area contributed by atoms with E-state index in [1.165, 1.54) is 17.0 Å². The molecule has 1 aliphatic rings. The Kier molecular flexibility index (Phi) is 5.23. The van der Waals surface area contributed by atoms with Gasteiger partial charge in [0.15, 0.2) is 0 Å². The molecule has 1 N–H and O–H groups in total. The lowest BCUT2D eigenvalue weighted by atomic mass is 10.3. The highest BCUT2D eigenvalue weighted by atomic mass is 32.2. The van der Waals surface area contributed by atoms with Gasteiger partial charge in [-0.25, -0.2) is 9.18 Å². The molecule has 0 saturated carbocycles. The lowest BCUT2D eigenvalue weighted by molar-refractivity contribution is -0.116. The van der Waals surface area contributed by atoms with Gasteiger partial charge in [-0.15, -0.1) is 11.8 Å². The van der Waals surface area contributed by atoms with E-state index in [9.17, 15) is 14.0 Å². The van der Waals surface area contributed by atoms with E-state index >= 15 is 0 Å². The lowest BCUT2D eigenvalue weighted by Gasteiger charge is -2.18. The van der Waals surface area contributed by atoms with E-state index in [-0.39, 0.29) is 24.3 Å². The number of nitrogens with one attached hydrogen (secondary N) is 1. The molecule has 1 heterocycles. The normalized spacial score (nSPS) is 14.1. The van der Waals surface area contributed by atoms with Crippen LogP contribution in [0.1, 0.15) is 0 Å². The minimum atomic E-state index is -0.348. The van der Waals surface area contributed by atoms with Gasteiger partial charge in [-0.3, -0.25) is 9.69 Å². The van der Waals surface area contributed by atoms with E-state index < -0.39 is 0 Å². The fourth-order valence-corrected chi connectivity index (χ4v) is 3.05. The molecule has 0 aromatic heterocycles. The number of amides is 3. The van der Waals surface area contributed by atoms with Crippen LogP contribution in [0.25, 0.3) is 0 Å². The average Bonchev–Trinajstić information content (AvgIpc) is 2.97. The first-order chi connectivity index (χ1) is 12.1. The van der Waals surface area contributed by atoms with Crippen LogP contribution in [0.5, 0.6) is 0 Å². The highest BCUT2D eigenvalue weighted by Gasteiger charge is 2.30. The molecule has 3 amide bonds. The van der Waals surface area contributed by atoms with E-state index in [1.807, 2.05) is 30.5 Å². The van der Waals surface area contributed by atoms with E-state index in [0.29, 0.717) is 24.5 Å². The summed E-state index contributed by atoms with van der Waals surface area (Å²) in [5, 5.41) is 2.79. The van der Waals surface area contributed by atoms with Crippen molar-refractivity contribution in [2.24, 2.45) is 0 Å². The third kappa shape index (κ3) is 4.11. The maximum atomic E-state index is 13.0. The highest BCUT2D eigenvalue weighted by molar-refractivity contribution is 7.98. The summed E-state index contributed by atoms with van der Waals surface area (Å²) in [5.74, 6) is -0.592. The quantitative estimate of drug-likeness (QED) is 0.832. The summed E-state index contributed by atoms with van der Waals surface area (Å²) in [4.78, 5) is 28.8. The topological polar surface area (TPSA) is 52.7 Å². The Morgan fingerprint density at radius 1 is 1.12 bits per heavy atom. The Hall–Kier alpha value is -2.54. The molecule has 3 rings (SSSR count). The predicted octanol–water partition coefficient (Wildman–Crippen LogP) is 3.43. The Bertz CT molecular complexity index is 765. The van der Waals surface area contributed by atoms with Gasteiger partial charge in [-0.05, 0) is 54.8 Å². The van der Waals surface area contributed by atoms with Crippen molar-refractivity contribution in [1.29, 1.82) is 0 Å². The van der Waals surface area contributed by atoms with Gasteiger partial charge < -0.3 is 10.2 Å². The average molecular weight is 359 g/mol. The number of rotatable bonds is 5. The number of thioether (sulfide) groups is 1. The maximum Gasteiger partial charge on any atom is 0.325 e. The number of hydrogen-bond donors (Lipinski definition) is 1. The Morgan fingerprint density at radius 3 is 2.44 bits per heavy atom. The first-order valence-electron chi connectivity index (χ1n) is 7.83. The van der Waals surface area contributed by atoms with Crippen LogP contribution in [0.15, 0.2) is 53.4 Å². The molecule has 7 heteroatoms. The molecule has 0 unspecified atom stereocenters. The van der Waals surface area contributed by atoms with E-state index in [4.69, 9.17) is 0 Å². The Labute approximate surface area is 149 Å². The smallest absolute Gasteiger partial charge is 0.325 e. The Balaban J connectivity index is 1.58. The third-order valence-electron chi connectivity index (χ3n) is 3.94. The number of nitrogens with zero attached hydrogens (tertiary/aromatic N) is 2. The fourth-order valence-electron chi connectivity index (χ4n) is 2.64. The van der Waals surface area contributed by atoms with Crippen LogP contribution < -0.4 is 10.2 Å². The molecule has 0 spiro atoms. The zero-order valence-corrected chi connectivity index (χ0v) is 14.6. The summed E-state index contributed by atoms with van der Waals surface area (Å²) in [6.07, 6.45) is 1.99. The van der Waals surface area contributed by atoms with Crippen molar-refractivity contribution in [1.82, 2.24) is 4.90 Å². The Morgan fingerprint density at radius 2 is 1.80 bits per heavy atom. The van der Waals surface area contributed by atoms with Gasteiger partial charge in [-0.1, -0.05) is 0 Å². The molecule has 1 saturated heterocycles. The van der Waals surface area contributed by atoms with Crippen LogP contribution in [0.4, 0.5) is 20.6 Å². The van der Waals surface area contributed by atoms with E-state index in [0.717, 1.165) is 4.90 Å². The minimum absolute atomic E-state index is 0.0131. The number of halogens is 1. The molecule has 2 aromatic carbocycles. The van der Waals surface area contributed by atoms with Gasteiger partial charge in [0, 0.05) is 29.4 Å². The van der Waals surface area contributed by atoms with E-state index in [1.54, 1.807) is 28.8 Å². The van der Waals surface area contributed by atoms with Gasteiger partial charge in [0.05, 0.1) is 0 Å². The van der Waals surface area contributed by atoms with Crippen LogP contribution in [-0.4, -0.2) is 42.7 Å². The molecular formula is C18H18FN3O2S. The van der Waals surface area contributed by atoms with Crippen LogP contribution in [0, 0.1) is 5.82 Å². The number of urea groups is 1. The van der Waals surface area contributed by atoms with Crippen molar-refractivity contribution in [2.45, 2.75) is 4.90 Å². The molecule has 0 radical (unpaired) electrons. The summed E-state index contributed by atoms with van der Waals surface area (Å²) >= 11 is 1.63. The van der Waals surface area contributed by atoms with Gasteiger partial charge in [0.25, 0.3) is 0 Å². The van der Waals surface area contributed by atoms with Gasteiger partial charge in [-0.2, -0.15) is 0 Å². The van der Waals surface area contributed by atoms with Crippen LogP contribution >= 0.6 is 11.8 Å². The van der Waals surface area contributed by atoms with Crippen LogP contribution in [0.2, 0.25) is 0 Å². The molecule has 25 heavy (non-hydrogen) atoms. The zero-order valence-electron chi connectivity index (χ0n) is 13.7. The summed E-state index contributed by atoms with van der Waals surface area (Å²) in [6.45, 7) is 0.913. The van der Waals surface area contributed by atoms with Crippen molar-refractivity contribution >= 4 is 35.1 Å². The number of carbonyl (C=O) groups excluding carboxylic acids is 2. The molecule has 0 atom stereocenters. The predicted molar refractivity (Wildman–Crippen MR) is 97.6 cm³/mol. The summed E-state index contributed by atoms with van der Waals surface area (Å²) in [6, 6.07) is 13.0. The molecule has 1 aliphatic heterocycles. The monoisotopic (exact) mass is 359 g/mol. The van der Waals surface area contributed by atoms with Crippen molar-refractivity contribution in [3.05, 3.63) is 54.3 Å². The molecule has 2 aromatic rings. The second-order valence-electron chi connectivity index (χ2n) is 5.61. The van der Waals surface area contributed by atoms with Gasteiger partial charge in [0.1, 0.15) is 12.4 Å². The van der Waals surface area contributed by atoms with Crippen molar-refractivity contribution in [3.63, 3.8) is 0 Å². The second kappa shape index (κ2) is 7.57. The van der Waals surface area contributed by atoms with E-state index in [2.05, 4.69) is 5.32 Å². The third-order valence-corrected chi connectivity index (χ3v) is 4.69. The van der Waals surface area contributed by atoms with Gasteiger partial charge in [0.2, 0.25) is 5.91 Å². The number of hydrogen-bond acceptors (Lipinski definition) is 3. The largest absolute Gasteiger partial charge is 0.325 e. The number of anilines is 2.